The van der Waals surface area contributed by atoms with Gasteiger partial charge in [0.15, 0.2) is 0 Å². The fourth-order valence-electron chi connectivity index (χ4n) is 4.15. The summed E-state index contributed by atoms with van der Waals surface area (Å²) in [6.07, 6.45) is 3.76. The molecule has 162 valence electrons. The largest absolute Gasteiger partial charge is 0.384 e. The predicted octanol–water partition coefficient (Wildman–Crippen LogP) is 4.55. The lowest BCUT2D eigenvalue weighted by molar-refractivity contribution is 0.0943. The number of nitrogens with one attached hydrogen (secondary N) is 1. The summed E-state index contributed by atoms with van der Waals surface area (Å²) in [4.78, 5) is 12.8. The monoisotopic (exact) mass is 421 g/mol. The molecule has 2 heterocycles. The van der Waals surface area contributed by atoms with Gasteiger partial charge in [-0.1, -0.05) is 12.1 Å². The second-order valence-electron chi connectivity index (χ2n) is 8.58. The summed E-state index contributed by atoms with van der Waals surface area (Å²) in [5.74, 6) is -0.611. The first-order valence-corrected chi connectivity index (χ1v) is 10.8. The summed E-state index contributed by atoms with van der Waals surface area (Å²) in [5, 5.41) is 18.5. The molecule has 1 aliphatic rings. The molecule has 0 saturated heterocycles. The Morgan fingerprint density at radius 2 is 2.00 bits per heavy atom. The van der Waals surface area contributed by atoms with Crippen LogP contribution >= 0.6 is 0 Å². The van der Waals surface area contributed by atoms with Crippen molar-refractivity contribution in [3.8, 4) is 11.1 Å². The van der Waals surface area contributed by atoms with Crippen LogP contribution in [0.5, 0.6) is 0 Å². The molecule has 0 aliphatic carbocycles. The number of nitrogens with zero attached hydrogens (tertiary/aromatic N) is 2. The summed E-state index contributed by atoms with van der Waals surface area (Å²) < 4.78 is 16.7. The summed E-state index contributed by atoms with van der Waals surface area (Å²) in [6.45, 7) is 6.45. The van der Waals surface area contributed by atoms with E-state index in [1.807, 2.05) is 31.5 Å². The molecule has 0 bridgehead atoms. The first-order chi connectivity index (χ1) is 14.8. The maximum Gasteiger partial charge on any atom is 0.251 e. The van der Waals surface area contributed by atoms with Gasteiger partial charge in [0.05, 0.1) is 6.20 Å². The van der Waals surface area contributed by atoms with Crippen molar-refractivity contribution in [2.24, 2.45) is 0 Å². The number of carbonyl (C=O) groups is 1. The lowest BCUT2D eigenvalue weighted by Crippen LogP contribution is -2.30. The SMILES string of the molecule is Cc1ccc(-c2cc(C(=O)NC(C)C)cc(C(O)c3cnn4c3CCCC4)c2)c(F)c1. The van der Waals surface area contributed by atoms with E-state index in [-0.39, 0.29) is 17.8 Å². The van der Waals surface area contributed by atoms with E-state index in [0.29, 0.717) is 22.3 Å². The highest BCUT2D eigenvalue weighted by Gasteiger charge is 2.23. The Balaban J connectivity index is 1.81. The van der Waals surface area contributed by atoms with E-state index in [0.717, 1.165) is 42.6 Å². The molecule has 1 aromatic heterocycles. The van der Waals surface area contributed by atoms with Gasteiger partial charge >= 0.3 is 0 Å². The first kappa shape index (κ1) is 21.2. The van der Waals surface area contributed by atoms with Crippen LogP contribution in [0, 0.1) is 12.7 Å². The molecule has 0 saturated carbocycles. The standard InChI is InChI=1S/C25H28FN3O2/c1-15(2)28-25(31)19-12-17(20-8-7-16(3)10-22(20)26)11-18(13-19)24(30)21-14-27-29-9-5-4-6-23(21)29/h7-8,10-15,24,30H,4-6,9H2,1-3H3,(H,28,31). The van der Waals surface area contributed by atoms with Gasteiger partial charge in [-0.2, -0.15) is 5.10 Å². The number of halogens is 1. The Labute approximate surface area is 181 Å². The minimum absolute atomic E-state index is 0.0386. The number of benzene rings is 2. The molecule has 5 nitrogen and oxygen atoms in total. The molecule has 1 amide bonds. The van der Waals surface area contributed by atoms with Gasteiger partial charge in [-0.3, -0.25) is 9.48 Å². The summed E-state index contributed by atoms with van der Waals surface area (Å²) in [7, 11) is 0. The van der Waals surface area contributed by atoms with Crippen LogP contribution in [-0.4, -0.2) is 26.8 Å². The van der Waals surface area contributed by atoms with E-state index < -0.39 is 6.10 Å². The van der Waals surface area contributed by atoms with Crippen LogP contribution in [0.4, 0.5) is 4.39 Å². The Morgan fingerprint density at radius 1 is 1.19 bits per heavy atom. The number of fused-ring (bicyclic) bond motifs is 1. The number of aryl methyl sites for hydroxylation is 2. The third kappa shape index (κ3) is 4.39. The molecule has 1 atom stereocenters. The van der Waals surface area contributed by atoms with Crippen molar-refractivity contribution in [2.45, 2.75) is 58.7 Å². The van der Waals surface area contributed by atoms with Crippen molar-refractivity contribution in [3.05, 3.63) is 76.4 Å². The maximum absolute atomic E-state index is 14.7. The van der Waals surface area contributed by atoms with Crippen LogP contribution in [-0.2, 0) is 13.0 Å². The molecule has 0 fully saturated rings. The summed E-state index contributed by atoms with van der Waals surface area (Å²) in [5.41, 5.74) is 4.49. The average molecular weight is 422 g/mol. The topological polar surface area (TPSA) is 67.2 Å². The van der Waals surface area contributed by atoms with Crippen LogP contribution in [0.25, 0.3) is 11.1 Å². The van der Waals surface area contributed by atoms with Gasteiger partial charge < -0.3 is 10.4 Å². The number of carbonyl (C=O) groups excluding carboxylic acids is 1. The molecule has 31 heavy (non-hydrogen) atoms. The molecular weight excluding hydrogens is 393 g/mol. The van der Waals surface area contributed by atoms with Gasteiger partial charge in [-0.05, 0) is 81.0 Å². The van der Waals surface area contributed by atoms with E-state index in [4.69, 9.17) is 0 Å². The van der Waals surface area contributed by atoms with Crippen LogP contribution in [0.2, 0.25) is 0 Å². The van der Waals surface area contributed by atoms with E-state index in [1.165, 1.54) is 6.07 Å². The molecule has 0 spiro atoms. The molecule has 6 heteroatoms. The zero-order valence-electron chi connectivity index (χ0n) is 18.2. The predicted molar refractivity (Wildman–Crippen MR) is 118 cm³/mol. The number of rotatable bonds is 5. The highest BCUT2D eigenvalue weighted by Crippen LogP contribution is 2.33. The van der Waals surface area contributed by atoms with Crippen LogP contribution < -0.4 is 5.32 Å². The van der Waals surface area contributed by atoms with E-state index in [9.17, 15) is 14.3 Å². The third-order valence-corrected chi connectivity index (χ3v) is 5.70. The zero-order valence-corrected chi connectivity index (χ0v) is 18.2. The Kier molecular flexibility index (Phi) is 5.92. The van der Waals surface area contributed by atoms with Gasteiger partial charge in [-0.25, -0.2) is 4.39 Å². The number of amides is 1. The van der Waals surface area contributed by atoms with Gasteiger partial charge in [-0.15, -0.1) is 0 Å². The van der Waals surface area contributed by atoms with Crippen LogP contribution in [0.15, 0.2) is 42.6 Å². The highest BCUT2D eigenvalue weighted by atomic mass is 19.1. The third-order valence-electron chi connectivity index (χ3n) is 5.70. The van der Waals surface area contributed by atoms with Gasteiger partial charge in [0, 0.05) is 35.0 Å². The van der Waals surface area contributed by atoms with Crippen molar-refractivity contribution in [1.29, 1.82) is 0 Å². The number of hydrogen-bond donors (Lipinski definition) is 2. The number of aliphatic hydroxyl groups excluding tert-OH is 1. The van der Waals surface area contributed by atoms with E-state index in [1.54, 1.807) is 30.5 Å². The highest BCUT2D eigenvalue weighted by molar-refractivity contribution is 5.96. The Hall–Kier alpha value is -2.99. The molecule has 1 unspecified atom stereocenters. The molecule has 3 aromatic rings. The molecule has 2 N–H and O–H groups in total. The second-order valence-corrected chi connectivity index (χ2v) is 8.58. The Morgan fingerprint density at radius 3 is 2.74 bits per heavy atom. The average Bonchev–Trinajstić information content (AvgIpc) is 3.16. The van der Waals surface area contributed by atoms with Gasteiger partial charge in [0.2, 0.25) is 0 Å². The van der Waals surface area contributed by atoms with Gasteiger partial charge in [0.1, 0.15) is 11.9 Å². The van der Waals surface area contributed by atoms with Crippen LogP contribution in [0.3, 0.4) is 0 Å². The summed E-state index contributed by atoms with van der Waals surface area (Å²) >= 11 is 0. The molecule has 4 rings (SSSR count). The van der Waals surface area contributed by atoms with E-state index >= 15 is 0 Å². The minimum atomic E-state index is -0.944. The number of hydrogen-bond acceptors (Lipinski definition) is 3. The van der Waals surface area contributed by atoms with Crippen molar-refractivity contribution >= 4 is 5.91 Å². The van der Waals surface area contributed by atoms with Crippen LogP contribution in [0.1, 0.15) is 65.5 Å². The number of aliphatic hydroxyl groups is 1. The molecule has 1 aliphatic heterocycles. The van der Waals surface area contributed by atoms with E-state index in [2.05, 4.69) is 10.4 Å². The lowest BCUT2D eigenvalue weighted by Gasteiger charge is -2.19. The molecule has 2 aromatic carbocycles. The lowest BCUT2D eigenvalue weighted by atomic mass is 9.92. The second kappa shape index (κ2) is 8.63. The van der Waals surface area contributed by atoms with Crippen molar-refractivity contribution in [1.82, 2.24) is 15.1 Å². The van der Waals surface area contributed by atoms with Crippen molar-refractivity contribution < 1.29 is 14.3 Å². The zero-order chi connectivity index (χ0) is 22.1. The fourth-order valence-corrected chi connectivity index (χ4v) is 4.15. The number of aromatic nitrogens is 2. The normalized spacial score (nSPS) is 14.4. The smallest absolute Gasteiger partial charge is 0.251 e. The molecule has 0 radical (unpaired) electrons. The minimum Gasteiger partial charge on any atom is -0.384 e. The fraction of sp³-hybridized carbons (Fsp3) is 0.360. The van der Waals surface area contributed by atoms with Crippen molar-refractivity contribution in [3.63, 3.8) is 0 Å². The first-order valence-electron chi connectivity index (χ1n) is 10.8. The van der Waals surface area contributed by atoms with Gasteiger partial charge in [0.25, 0.3) is 5.91 Å². The molecular formula is C25H28FN3O2. The summed E-state index contributed by atoms with van der Waals surface area (Å²) in [6, 6.07) is 10.1. The quantitative estimate of drug-likeness (QED) is 0.635. The Bertz CT molecular complexity index is 1120. The van der Waals surface area contributed by atoms with Crippen molar-refractivity contribution in [2.75, 3.05) is 0 Å². The maximum atomic E-state index is 14.7.